The number of rotatable bonds is 4. The molecule has 0 aliphatic rings. The predicted octanol–water partition coefficient (Wildman–Crippen LogP) is 3.20. The normalized spacial score (nSPS) is 10.2. The van der Waals surface area contributed by atoms with Gasteiger partial charge in [0.05, 0.1) is 12.3 Å². The highest BCUT2D eigenvalue weighted by molar-refractivity contribution is 5.66. The molecule has 2 aromatic carbocycles. The van der Waals surface area contributed by atoms with E-state index in [4.69, 9.17) is 4.74 Å². The fourth-order valence-corrected chi connectivity index (χ4v) is 2.24. The van der Waals surface area contributed by atoms with Crippen LogP contribution in [0.1, 0.15) is 12.6 Å². The van der Waals surface area contributed by atoms with Gasteiger partial charge in [-0.1, -0.05) is 35.5 Å². The van der Waals surface area contributed by atoms with Gasteiger partial charge in [-0.3, -0.25) is 0 Å². The van der Waals surface area contributed by atoms with Gasteiger partial charge in [0.15, 0.2) is 5.69 Å². The van der Waals surface area contributed by atoms with Gasteiger partial charge >= 0.3 is 0 Å². The van der Waals surface area contributed by atoms with Crippen LogP contribution in [0.3, 0.4) is 0 Å². The minimum atomic E-state index is 0.306. The lowest BCUT2D eigenvalue weighted by atomic mass is 10.1. The molecule has 1 heterocycles. The van der Waals surface area contributed by atoms with Crippen molar-refractivity contribution in [3.63, 3.8) is 0 Å². The minimum Gasteiger partial charge on any atom is -0.494 e. The Balaban J connectivity index is 2.08. The van der Waals surface area contributed by atoms with Crippen LogP contribution in [0.25, 0.3) is 16.9 Å². The summed E-state index contributed by atoms with van der Waals surface area (Å²) in [6.07, 6.45) is 0. The maximum atomic E-state index is 9.27. The van der Waals surface area contributed by atoms with E-state index >= 15 is 0 Å². The number of benzene rings is 2. The summed E-state index contributed by atoms with van der Waals surface area (Å²) in [5, 5.41) is 17.3. The lowest BCUT2D eigenvalue weighted by Gasteiger charge is -2.08. The Labute approximate surface area is 128 Å². The highest BCUT2D eigenvalue weighted by Gasteiger charge is 2.15. The fourth-order valence-electron chi connectivity index (χ4n) is 2.24. The lowest BCUT2D eigenvalue weighted by Crippen LogP contribution is -2.00. The molecule has 1 aromatic heterocycles. The summed E-state index contributed by atoms with van der Waals surface area (Å²) >= 11 is 0. The van der Waals surface area contributed by atoms with Crippen molar-refractivity contribution < 1.29 is 4.74 Å². The molecule has 0 N–H and O–H groups in total. The van der Waals surface area contributed by atoms with Crippen molar-refractivity contribution in [3.8, 4) is 28.8 Å². The first-order valence-corrected chi connectivity index (χ1v) is 6.98. The van der Waals surface area contributed by atoms with Crippen molar-refractivity contribution in [2.45, 2.75) is 6.92 Å². The number of aromatic nitrogens is 3. The van der Waals surface area contributed by atoms with E-state index in [0.717, 1.165) is 17.0 Å². The summed E-state index contributed by atoms with van der Waals surface area (Å²) in [5.41, 5.74) is 2.72. The van der Waals surface area contributed by atoms with E-state index in [-0.39, 0.29) is 0 Å². The van der Waals surface area contributed by atoms with Gasteiger partial charge < -0.3 is 4.74 Å². The third-order valence-electron chi connectivity index (χ3n) is 3.22. The maximum absolute atomic E-state index is 9.27. The molecule has 5 nitrogen and oxygen atoms in total. The van der Waals surface area contributed by atoms with E-state index in [0.29, 0.717) is 18.0 Å². The maximum Gasteiger partial charge on any atom is 0.191 e. The summed E-state index contributed by atoms with van der Waals surface area (Å²) in [7, 11) is 0. The van der Waals surface area contributed by atoms with Crippen molar-refractivity contribution in [3.05, 3.63) is 60.3 Å². The van der Waals surface area contributed by atoms with E-state index in [1.807, 2.05) is 61.5 Å². The van der Waals surface area contributed by atoms with Crippen molar-refractivity contribution in [2.75, 3.05) is 6.61 Å². The Bertz CT molecular complexity index is 801. The topological polar surface area (TPSA) is 63.7 Å². The number of nitriles is 1. The Morgan fingerprint density at radius 3 is 2.45 bits per heavy atom. The number of ether oxygens (including phenoxy) is 1. The van der Waals surface area contributed by atoms with Crippen molar-refractivity contribution in [1.29, 1.82) is 5.26 Å². The first-order chi connectivity index (χ1) is 10.8. The molecule has 0 fully saturated rings. The fraction of sp³-hybridized carbons (Fsp3) is 0.118. The zero-order valence-corrected chi connectivity index (χ0v) is 12.1. The number of hydrogen-bond acceptors (Lipinski definition) is 4. The Morgan fingerprint density at radius 1 is 1.09 bits per heavy atom. The second-order valence-electron chi connectivity index (χ2n) is 4.60. The van der Waals surface area contributed by atoms with E-state index < -0.39 is 0 Å². The molecule has 3 aromatic rings. The van der Waals surface area contributed by atoms with E-state index in [9.17, 15) is 5.26 Å². The first kappa shape index (κ1) is 13.8. The molecule has 0 unspecified atom stereocenters. The molecule has 3 rings (SSSR count). The highest BCUT2D eigenvalue weighted by Crippen LogP contribution is 2.25. The number of hydrogen-bond donors (Lipinski definition) is 0. The molecule has 0 spiro atoms. The van der Waals surface area contributed by atoms with Crippen LogP contribution in [0.5, 0.6) is 5.75 Å². The van der Waals surface area contributed by atoms with Gasteiger partial charge in [0.25, 0.3) is 0 Å². The van der Waals surface area contributed by atoms with E-state index in [2.05, 4.69) is 16.4 Å². The quantitative estimate of drug-likeness (QED) is 0.740. The molecule has 0 radical (unpaired) electrons. The van der Waals surface area contributed by atoms with Crippen LogP contribution >= 0.6 is 0 Å². The van der Waals surface area contributed by atoms with Gasteiger partial charge in [-0.15, -0.1) is 5.10 Å². The van der Waals surface area contributed by atoms with Crippen LogP contribution in [0.15, 0.2) is 54.6 Å². The zero-order valence-electron chi connectivity index (χ0n) is 12.1. The molecular formula is C17H14N4O. The van der Waals surface area contributed by atoms with Gasteiger partial charge in [0.2, 0.25) is 0 Å². The first-order valence-electron chi connectivity index (χ1n) is 6.98. The molecule has 0 aliphatic heterocycles. The zero-order chi connectivity index (χ0) is 15.4. The van der Waals surface area contributed by atoms with Crippen LogP contribution in [0.2, 0.25) is 0 Å². The van der Waals surface area contributed by atoms with Crippen LogP contribution in [-0.4, -0.2) is 21.6 Å². The second kappa shape index (κ2) is 6.10. The van der Waals surface area contributed by atoms with Crippen molar-refractivity contribution in [2.24, 2.45) is 0 Å². The van der Waals surface area contributed by atoms with Gasteiger partial charge in [-0.05, 0) is 31.2 Å². The lowest BCUT2D eigenvalue weighted by molar-refractivity contribution is 0.340. The average Bonchev–Trinajstić information content (AvgIpc) is 3.00. The molecule has 0 saturated carbocycles. The minimum absolute atomic E-state index is 0.306. The molecule has 22 heavy (non-hydrogen) atoms. The summed E-state index contributed by atoms with van der Waals surface area (Å²) in [4.78, 5) is 0. The van der Waals surface area contributed by atoms with Crippen molar-refractivity contribution in [1.82, 2.24) is 15.0 Å². The largest absolute Gasteiger partial charge is 0.494 e. The van der Waals surface area contributed by atoms with Crippen LogP contribution in [0, 0.1) is 11.3 Å². The molecular weight excluding hydrogens is 276 g/mol. The molecule has 108 valence electrons. The molecule has 0 aliphatic carbocycles. The van der Waals surface area contributed by atoms with Crippen molar-refractivity contribution >= 4 is 0 Å². The molecule has 5 heteroatoms. The monoisotopic (exact) mass is 290 g/mol. The molecule has 0 atom stereocenters. The Kier molecular flexibility index (Phi) is 3.84. The van der Waals surface area contributed by atoms with E-state index in [1.165, 1.54) is 0 Å². The molecule has 0 bridgehead atoms. The Morgan fingerprint density at radius 2 is 1.82 bits per heavy atom. The van der Waals surface area contributed by atoms with E-state index in [1.54, 1.807) is 4.68 Å². The number of nitrogens with zero attached hydrogens (tertiary/aromatic N) is 4. The SMILES string of the molecule is CCOc1ccc(-n2nnc(C#N)c2-c2ccccc2)cc1. The standard InChI is InChI=1S/C17H14N4O/c1-2-22-15-10-8-14(9-11-15)21-17(16(12-18)19-20-21)13-6-4-3-5-7-13/h3-11H,2H2,1H3. The van der Waals surface area contributed by atoms with Gasteiger partial charge in [0.1, 0.15) is 17.5 Å². The molecule has 0 amide bonds. The van der Waals surface area contributed by atoms with Gasteiger partial charge in [-0.25, -0.2) is 4.68 Å². The summed E-state index contributed by atoms with van der Waals surface area (Å²) in [6, 6.07) is 19.3. The van der Waals surface area contributed by atoms with Crippen LogP contribution in [0.4, 0.5) is 0 Å². The Hall–Kier alpha value is -3.13. The summed E-state index contributed by atoms with van der Waals surface area (Å²) < 4.78 is 7.11. The van der Waals surface area contributed by atoms with Crippen LogP contribution < -0.4 is 4.74 Å². The third-order valence-corrected chi connectivity index (χ3v) is 3.22. The predicted molar refractivity (Wildman–Crippen MR) is 82.7 cm³/mol. The third kappa shape index (κ3) is 2.54. The van der Waals surface area contributed by atoms with Gasteiger partial charge in [-0.2, -0.15) is 5.26 Å². The summed E-state index contributed by atoms with van der Waals surface area (Å²) in [6.45, 7) is 2.56. The second-order valence-corrected chi connectivity index (χ2v) is 4.60. The molecule has 0 saturated heterocycles. The average molecular weight is 290 g/mol. The van der Waals surface area contributed by atoms with Gasteiger partial charge in [0, 0.05) is 5.56 Å². The highest BCUT2D eigenvalue weighted by atomic mass is 16.5. The smallest absolute Gasteiger partial charge is 0.191 e. The summed E-state index contributed by atoms with van der Waals surface area (Å²) in [5.74, 6) is 0.799. The van der Waals surface area contributed by atoms with Crippen LogP contribution in [-0.2, 0) is 0 Å².